The van der Waals surface area contributed by atoms with Gasteiger partial charge in [0.15, 0.2) is 5.65 Å². The molecule has 1 fully saturated rings. The molecular formula is C25H33ClN6O5. The van der Waals surface area contributed by atoms with E-state index in [-0.39, 0.29) is 30.0 Å². The van der Waals surface area contributed by atoms with Crippen molar-refractivity contribution in [1.29, 1.82) is 0 Å². The summed E-state index contributed by atoms with van der Waals surface area (Å²) in [5.41, 5.74) is 1.97. The van der Waals surface area contributed by atoms with Crippen molar-refractivity contribution in [3.05, 3.63) is 41.6 Å². The molecule has 4 rings (SSSR count). The zero-order valence-electron chi connectivity index (χ0n) is 21.4. The summed E-state index contributed by atoms with van der Waals surface area (Å²) in [6, 6.07) is 7.95. The van der Waals surface area contributed by atoms with Gasteiger partial charge in [-0.3, -0.25) is 19.7 Å². The van der Waals surface area contributed by atoms with Gasteiger partial charge in [0.25, 0.3) is 5.91 Å². The Morgan fingerprint density at radius 2 is 1.95 bits per heavy atom. The number of nitrogens with zero attached hydrogens (tertiary/aromatic N) is 4. The highest BCUT2D eigenvalue weighted by molar-refractivity contribution is 6.10. The van der Waals surface area contributed by atoms with Crippen LogP contribution in [0.4, 0.5) is 10.5 Å². The van der Waals surface area contributed by atoms with Crippen LogP contribution in [0.2, 0.25) is 0 Å². The number of fused-ring (bicyclic) bond motifs is 1. The zero-order chi connectivity index (χ0) is 25.7. The standard InChI is InChI=1S/C25H32N6O5.ClH/c1-16(2)36-19-7-5-6-18(14-19)26-25(33)28-23(32)21-15-20-17(3)29-30(4)22(20)27-24(21)35-13-10-31-8-11-34-12-9-31;/h5-7,14-16H,8-13H2,1-4H3,(H2,26,28,32,33);1H. The lowest BCUT2D eigenvalue weighted by Crippen LogP contribution is -2.39. The molecule has 11 nitrogen and oxygen atoms in total. The number of halogens is 1. The van der Waals surface area contributed by atoms with Crippen LogP contribution in [0.5, 0.6) is 11.6 Å². The van der Waals surface area contributed by atoms with Crippen molar-refractivity contribution < 1.29 is 23.8 Å². The summed E-state index contributed by atoms with van der Waals surface area (Å²) in [6.45, 7) is 9.71. The minimum atomic E-state index is -0.677. The number of morpholine rings is 1. The number of hydrogen-bond donors (Lipinski definition) is 2. The fraction of sp³-hybridized carbons (Fsp3) is 0.440. The molecule has 2 N–H and O–H groups in total. The minimum absolute atomic E-state index is 0. The van der Waals surface area contributed by atoms with E-state index in [1.165, 1.54) is 0 Å². The normalized spacial score (nSPS) is 13.8. The number of pyridine rings is 1. The highest BCUT2D eigenvalue weighted by Gasteiger charge is 2.21. The Morgan fingerprint density at radius 3 is 2.68 bits per heavy atom. The van der Waals surface area contributed by atoms with Crippen LogP contribution in [0.3, 0.4) is 0 Å². The molecule has 1 aliphatic rings. The van der Waals surface area contributed by atoms with Crippen molar-refractivity contribution in [2.45, 2.75) is 26.9 Å². The lowest BCUT2D eigenvalue weighted by atomic mass is 10.2. The van der Waals surface area contributed by atoms with E-state index in [0.29, 0.717) is 48.8 Å². The van der Waals surface area contributed by atoms with Crippen LogP contribution in [0.15, 0.2) is 30.3 Å². The topological polar surface area (TPSA) is 120 Å². The predicted octanol–water partition coefficient (Wildman–Crippen LogP) is 3.16. The number of anilines is 1. The predicted molar refractivity (Wildman–Crippen MR) is 142 cm³/mol. The van der Waals surface area contributed by atoms with Crippen LogP contribution in [-0.4, -0.2) is 77.2 Å². The molecule has 200 valence electrons. The Labute approximate surface area is 221 Å². The van der Waals surface area contributed by atoms with Gasteiger partial charge in [0.05, 0.1) is 25.0 Å². The van der Waals surface area contributed by atoms with E-state index in [4.69, 9.17) is 14.2 Å². The number of benzene rings is 1. The highest BCUT2D eigenvalue weighted by Crippen LogP contribution is 2.25. The van der Waals surface area contributed by atoms with Gasteiger partial charge >= 0.3 is 6.03 Å². The number of ether oxygens (including phenoxy) is 3. The van der Waals surface area contributed by atoms with Crippen LogP contribution in [0.25, 0.3) is 11.0 Å². The molecular weight excluding hydrogens is 500 g/mol. The van der Waals surface area contributed by atoms with Crippen molar-refractivity contribution >= 4 is 41.1 Å². The van der Waals surface area contributed by atoms with Crippen LogP contribution in [-0.2, 0) is 11.8 Å². The van der Waals surface area contributed by atoms with Gasteiger partial charge in [0.2, 0.25) is 5.88 Å². The van der Waals surface area contributed by atoms with Gasteiger partial charge in [0.1, 0.15) is 17.9 Å². The van der Waals surface area contributed by atoms with Crippen LogP contribution < -0.4 is 20.1 Å². The first-order valence-electron chi connectivity index (χ1n) is 12.0. The van der Waals surface area contributed by atoms with E-state index in [2.05, 4.69) is 25.6 Å². The minimum Gasteiger partial charge on any atom is -0.491 e. The summed E-state index contributed by atoms with van der Waals surface area (Å²) in [7, 11) is 1.78. The van der Waals surface area contributed by atoms with E-state index in [1.807, 2.05) is 20.8 Å². The Balaban J connectivity index is 0.00000380. The number of amides is 3. The number of nitrogens with one attached hydrogen (secondary N) is 2. The summed E-state index contributed by atoms with van der Waals surface area (Å²) in [5.74, 6) is 0.143. The largest absolute Gasteiger partial charge is 0.491 e. The summed E-state index contributed by atoms with van der Waals surface area (Å²) in [4.78, 5) is 32.5. The molecule has 0 unspecified atom stereocenters. The van der Waals surface area contributed by atoms with E-state index in [1.54, 1.807) is 42.1 Å². The molecule has 1 aromatic carbocycles. The second-order valence-electron chi connectivity index (χ2n) is 8.83. The van der Waals surface area contributed by atoms with Gasteiger partial charge < -0.3 is 19.5 Å². The van der Waals surface area contributed by atoms with Gasteiger partial charge in [-0.1, -0.05) is 6.07 Å². The lowest BCUT2D eigenvalue weighted by molar-refractivity contribution is 0.0319. The van der Waals surface area contributed by atoms with E-state index < -0.39 is 11.9 Å². The number of aromatic nitrogens is 3. The maximum atomic E-state index is 13.1. The average Bonchev–Trinajstić information content (AvgIpc) is 3.11. The molecule has 0 atom stereocenters. The van der Waals surface area contributed by atoms with Gasteiger partial charge in [-0.25, -0.2) is 4.79 Å². The summed E-state index contributed by atoms with van der Waals surface area (Å²) < 4.78 is 18.6. The number of aryl methyl sites for hydroxylation is 2. The molecule has 1 saturated heterocycles. The summed E-state index contributed by atoms with van der Waals surface area (Å²) in [5, 5.41) is 10.1. The SMILES string of the molecule is Cc1nn(C)c2nc(OCCN3CCOCC3)c(C(=O)NC(=O)Nc3cccc(OC(C)C)c3)cc12.Cl. The first-order valence-corrected chi connectivity index (χ1v) is 12.0. The zero-order valence-corrected chi connectivity index (χ0v) is 22.3. The summed E-state index contributed by atoms with van der Waals surface area (Å²) >= 11 is 0. The molecule has 0 spiro atoms. The molecule has 37 heavy (non-hydrogen) atoms. The molecule has 2 aromatic heterocycles. The Hall–Kier alpha value is -3.41. The van der Waals surface area contributed by atoms with E-state index in [0.717, 1.165) is 18.8 Å². The smallest absolute Gasteiger partial charge is 0.326 e. The molecule has 0 radical (unpaired) electrons. The van der Waals surface area contributed by atoms with Crippen LogP contribution in [0.1, 0.15) is 29.9 Å². The third kappa shape index (κ3) is 7.31. The fourth-order valence-electron chi connectivity index (χ4n) is 3.95. The third-order valence-electron chi connectivity index (χ3n) is 5.65. The molecule has 0 bridgehead atoms. The van der Waals surface area contributed by atoms with Crippen LogP contribution in [0, 0.1) is 6.92 Å². The maximum Gasteiger partial charge on any atom is 0.326 e. The molecule has 3 aromatic rings. The molecule has 3 amide bonds. The van der Waals surface area contributed by atoms with Gasteiger partial charge in [-0.05, 0) is 39.0 Å². The second kappa shape index (κ2) is 12.7. The second-order valence-corrected chi connectivity index (χ2v) is 8.83. The third-order valence-corrected chi connectivity index (χ3v) is 5.65. The molecule has 12 heteroatoms. The Bertz CT molecular complexity index is 1240. The van der Waals surface area contributed by atoms with Gasteiger partial charge in [-0.2, -0.15) is 10.1 Å². The fourth-order valence-corrected chi connectivity index (χ4v) is 3.95. The maximum absolute atomic E-state index is 13.1. The monoisotopic (exact) mass is 532 g/mol. The Morgan fingerprint density at radius 1 is 1.19 bits per heavy atom. The average molecular weight is 533 g/mol. The molecule has 0 saturated carbocycles. The first kappa shape index (κ1) is 28.2. The quantitative estimate of drug-likeness (QED) is 0.454. The number of rotatable bonds is 8. The van der Waals surface area contributed by atoms with E-state index in [9.17, 15) is 9.59 Å². The van der Waals surface area contributed by atoms with Gasteiger partial charge in [0, 0.05) is 43.8 Å². The van der Waals surface area contributed by atoms with Crippen molar-refractivity contribution in [2.75, 3.05) is 44.8 Å². The number of carbonyl (C=O) groups excluding carboxylic acids is 2. The molecule has 1 aliphatic heterocycles. The summed E-state index contributed by atoms with van der Waals surface area (Å²) in [6.07, 6.45) is -0.00401. The van der Waals surface area contributed by atoms with Crippen molar-refractivity contribution in [1.82, 2.24) is 25.0 Å². The number of urea groups is 1. The van der Waals surface area contributed by atoms with Gasteiger partial charge in [-0.15, -0.1) is 12.4 Å². The van der Waals surface area contributed by atoms with Crippen molar-refractivity contribution in [2.24, 2.45) is 7.05 Å². The van der Waals surface area contributed by atoms with Crippen molar-refractivity contribution in [3.63, 3.8) is 0 Å². The lowest BCUT2D eigenvalue weighted by Gasteiger charge is -2.26. The van der Waals surface area contributed by atoms with Crippen molar-refractivity contribution in [3.8, 4) is 11.6 Å². The molecule has 3 heterocycles. The number of imide groups is 1. The number of carbonyl (C=O) groups is 2. The highest BCUT2D eigenvalue weighted by atomic mass is 35.5. The molecule has 0 aliphatic carbocycles. The number of hydrogen-bond acceptors (Lipinski definition) is 8. The first-order chi connectivity index (χ1) is 17.3. The Kier molecular flexibility index (Phi) is 9.67. The van der Waals surface area contributed by atoms with E-state index >= 15 is 0 Å². The van der Waals surface area contributed by atoms with Crippen LogP contribution >= 0.6 is 12.4 Å².